The van der Waals surface area contributed by atoms with Crippen LogP contribution in [-0.4, -0.2) is 9.97 Å². The van der Waals surface area contributed by atoms with Gasteiger partial charge in [0, 0.05) is 5.92 Å². The van der Waals surface area contributed by atoms with Crippen molar-refractivity contribution in [3.05, 3.63) is 26.3 Å². The summed E-state index contributed by atoms with van der Waals surface area (Å²) in [4.78, 5) is 19.4. The lowest BCUT2D eigenvalue weighted by Crippen LogP contribution is -2.17. The maximum Gasteiger partial charge on any atom is 0.265 e. The summed E-state index contributed by atoms with van der Waals surface area (Å²) >= 11 is 3.33. The topological polar surface area (TPSA) is 45.8 Å². The van der Waals surface area contributed by atoms with Crippen LogP contribution in [0, 0.1) is 11.3 Å². The molecule has 0 saturated heterocycles. The van der Waals surface area contributed by atoms with E-state index >= 15 is 0 Å². The Balaban J connectivity index is 2.37. The van der Waals surface area contributed by atoms with Gasteiger partial charge in [-0.3, -0.25) is 4.79 Å². The van der Waals surface area contributed by atoms with E-state index in [0.29, 0.717) is 21.7 Å². The lowest BCUT2D eigenvalue weighted by atomic mass is 10.1. The van der Waals surface area contributed by atoms with Crippen molar-refractivity contribution in [2.24, 2.45) is 11.3 Å². The number of nitrogens with one attached hydrogen (secondary N) is 1. The van der Waals surface area contributed by atoms with Crippen molar-refractivity contribution in [3.8, 4) is 0 Å². The molecule has 1 heterocycles. The molecule has 94 valence electrons. The van der Waals surface area contributed by atoms with Gasteiger partial charge in [-0.05, 0) is 40.1 Å². The summed E-state index contributed by atoms with van der Waals surface area (Å²) in [5.74, 6) is 1.77. The molecule has 17 heavy (non-hydrogen) atoms. The van der Waals surface area contributed by atoms with Gasteiger partial charge >= 0.3 is 0 Å². The van der Waals surface area contributed by atoms with E-state index in [2.05, 4.69) is 53.6 Å². The van der Waals surface area contributed by atoms with Crippen molar-refractivity contribution in [3.63, 3.8) is 0 Å². The second kappa shape index (κ2) is 4.23. The van der Waals surface area contributed by atoms with Crippen molar-refractivity contribution in [1.82, 2.24) is 9.97 Å². The van der Waals surface area contributed by atoms with Crippen molar-refractivity contribution in [2.45, 2.75) is 46.5 Å². The fourth-order valence-corrected chi connectivity index (χ4v) is 2.50. The molecule has 1 aromatic rings. The molecule has 0 spiro atoms. The number of halogens is 1. The van der Waals surface area contributed by atoms with Crippen molar-refractivity contribution in [1.29, 1.82) is 0 Å². The van der Waals surface area contributed by atoms with Gasteiger partial charge in [0.1, 0.15) is 10.3 Å². The van der Waals surface area contributed by atoms with E-state index in [1.807, 2.05) is 0 Å². The maximum atomic E-state index is 11.8. The van der Waals surface area contributed by atoms with Crippen LogP contribution in [0.15, 0.2) is 9.27 Å². The highest BCUT2D eigenvalue weighted by Crippen LogP contribution is 2.57. The van der Waals surface area contributed by atoms with Gasteiger partial charge in [-0.15, -0.1) is 0 Å². The minimum Gasteiger partial charge on any atom is -0.309 e. The molecular formula is C13H19BrN2O. The molecule has 0 radical (unpaired) electrons. The highest BCUT2D eigenvalue weighted by atomic mass is 79.9. The third-order valence-electron chi connectivity index (χ3n) is 3.39. The lowest BCUT2D eigenvalue weighted by Gasteiger charge is -2.09. The van der Waals surface area contributed by atoms with Gasteiger partial charge in [0.25, 0.3) is 5.56 Å². The molecule has 0 aromatic carbocycles. The Kier molecular flexibility index (Phi) is 3.19. The maximum absolute atomic E-state index is 11.8. The second-order valence-electron chi connectivity index (χ2n) is 6.06. The summed E-state index contributed by atoms with van der Waals surface area (Å²) < 4.78 is 0.591. The van der Waals surface area contributed by atoms with Gasteiger partial charge in [0.2, 0.25) is 0 Å². The number of rotatable bonds is 3. The fourth-order valence-electron chi connectivity index (χ4n) is 2.15. The van der Waals surface area contributed by atoms with E-state index in [1.165, 1.54) is 0 Å². The van der Waals surface area contributed by atoms with Crippen molar-refractivity contribution < 1.29 is 0 Å². The minimum absolute atomic E-state index is 0.0478. The predicted molar refractivity (Wildman–Crippen MR) is 72.2 cm³/mol. The van der Waals surface area contributed by atoms with Crippen LogP contribution in [0.2, 0.25) is 0 Å². The van der Waals surface area contributed by atoms with E-state index in [1.54, 1.807) is 0 Å². The average Bonchev–Trinajstić information content (AvgIpc) is 2.82. The second-order valence-corrected chi connectivity index (χ2v) is 6.85. The van der Waals surface area contributed by atoms with Crippen LogP contribution in [0.3, 0.4) is 0 Å². The Labute approximate surface area is 110 Å². The number of hydrogen-bond donors (Lipinski definition) is 1. The molecule has 4 heteroatoms. The van der Waals surface area contributed by atoms with Crippen LogP contribution in [0.25, 0.3) is 0 Å². The quantitative estimate of drug-likeness (QED) is 0.931. The SMILES string of the molecule is CC(C)Cc1nc(C2CC2(C)C)[nH]c(=O)c1Br. The van der Waals surface area contributed by atoms with Crippen LogP contribution in [-0.2, 0) is 6.42 Å². The standard InChI is InChI=1S/C13H19BrN2O/c1-7(2)5-9-10(14)12(17)16-11(15-9)8-6-13(8,3)4/h7-8H,5-6H2,1-4H3,(H,15,16,17). The first-order valence-electron chi connectivity index (χ1n) is 6.10. The molecule has 1 fully saturated rings. The molecule has 3 nitrogen and oxygen atoms in total. The zero-order valence-electron chi connectivity index (χ0n) is 10.8. The Bertz CT molecular complexity index is 491. The van der Waals surface area contributed by atoms with E-state index < -0.39 is 0 Å². The van der Waals surface area contributed by atoms with E-state index in [-0.39, 0.29) is 5.56 Å². The molecule has 1 aliphatic rings. The summed E-state index contributed by atoms with van der Waals surface area (Å²) in [6.45, 7) is 8.69. The van der Waals surface area contributed by atoms with E-state index in [0.717, 1.165) is 24.4 Å². The molecule has 2 rings (SSSR count). The zero-order chi connectivity index (χ0) is 12.8. The highest BCUT2D eigenvalue weighted by Gasteiger charge is 2.48. The van der Waals surface area contributed by atoms with Crippen LogP contribution < -0.4 is 5.56 Å². The third kappa shape index (κ3) is 2.62. The monoisotopic (exact) mass is 298 g/mol. The zero-order valence-corrected chi connectivity index (χ0v) is 12.4. The minimum atomic E-state index is -0.0478. The lowest BCUT2D eigenvalue weighted by molar-refractivity contribution is 0.594. The molecule has 0 aliphatic heterocycles. The van der Waals surface area contributed by atoms with Crippen LogP contribution in [0.1, 0.15) is 51.6 Å². The van der Waals surface area contributed by atoms with Gasteiger partial charge in [-0.2, -0.15) is 0 Å². The van der Waals surface area contributed by atoms with Gasteiger partial charge in [0.05, 0.1) is 5.69 Å². The third-order valence-corrected chi connectivity index (χ3v) is 4.21. The molecule has 1 saturated carbocycles. The molecule has 1 atom stereocenters. The van der Waals surface area contributed by atoms with Gasteiger partial charge in [-0.25, -0.2) is 4.98 Å². The van der Waals surface area contributed by atoms with Gasteiger partial charge in [0.15, 0.2) is 0 Å². The summed E-state index contributed by atoms with van der Waals surface area (Å²) in [6, 6.07) is 0. The molecule has 1 aromatic heterocycles. The highest BCUT2D eigenvalue weighted by molar-refractivity contribution is 9.10. The summed E-state index contributed by atoms with van der Waals surface area (Å²) in [6.07, 6.45) is 1.95. The van der Waals surface area contributed by atoms with Gasteiger partial charge < -0.3 is 4.98 Å². The average molecular weight is 299 g/mol. The van der Waals surface area contributed by atoms with E-state index in [9.17, 15) is 4.79 Å². The van der Waals surface area contributed by atoms with Gasteiger partial charge in [-0.1, -0.05) is 27.7 Å². The number of nitrogens with zero attached hydrogens (tertiary/aromatic N) is 1. The molecule has 1 N–H and O–H groups in total. The van der Waals surface area contributed by atoms with Crippen LogP contribution >= 0.6 is 15.9 Å². The predicted octanol–water partition coefficient (Wildman–Crippen LogP) is 3.24. The van der Waals surface area contributed by atoms with Crippen LogP contribution in [0.5, 0.6) is 0 Å². The summed E-state index contributed by atoms with van der Waals surface area (Å²) in [7, 11) is 0. The number of aromatic amines is 1. The van der Waals surface area contributed by atoms with E-state index in [4.69, 9.17) is 0 Å². The molecular weight excluding hydrogens is 280 g/mol. The Morgan fingerprint density at radius 1 is 1.53 bits per heavy atom. The summed E-state index contributed by atoms with van der Waals surface area (Å²) in [5.41, 5.74) is 1.13. The molecule has 1 aliphatic carbocycles. The number of aromatic nitrogens is 2. The summed E-state index contributed by atoms with van der Waals surface area (Å²) in [5, 5.41) is 0. The largest absolute Gasteiger partial charge is 0.309 e. The number of hydrogen-bond acceptors (Lipinski definition) is 2. The fraction of sp³-hybridized carbons (Fsp3) is 0.692. The van der Waals surface area contributed by atoms with Crippen molar-refractivity contribution in [2.75, 3.05) is 0 Å². The van der Waals surface area contributed by atoms with Crippen molar-refractivity contribution >= 4 is 15.9 Å². The first-order chi connectivity index (χ1) is 7.81. The smallest absolute Gasteiger partial charge is 0.265 e. The first kappa shape index (κ1) is 12.8. The Hall–Kier alpha value is -0.640. The molecule has 0 amide bonds. The first-order valence-corrected chi connectivity index (χ1v) is 6.89. The molecule has 0 bridgehead atoms. The van der Waals surface area contributed by atoms with Crippen LogP contribution in [0.4, 0.5) is 0 Å². The molecule has 1 unspecified atom stereocenters. The normalized spacial score (nSPS) is 21.9. The number of H-pyrrole nitrogens is 1. The Morgan fingerprint density at radius 3 is 2.59 bits per heavy atom. The Morgan fingerprint density at radius 2 is 2.12 bits per heavy atom.